The van der Waals surface area contributed by atoms with Crippen molar-refractivity contribution >= 4 is 33.7 Å². The lowest BCUT2D eigenvalue weighted by Crippen LogP contribution is -2.27. The monoisotopic (exact) mass is 507 g/mol. The first kappa shape index (κ1) is 23.4. The number of aromatic amines is 2. The summed E-state index contributed by atoms with van der Waals surface area (Å²) in [6.07, 6.45) is 6.67. The Morgan fingerprint density at radius 2 is 1.87 bits per heavy atom. The molecule has 0 bridgehead atoms. The van der Waals surface area contributed by atoms with Gasteiger partial charge in [-0.3, -0.25) is 19.9 Å². The molecule has 0 atom stereocenters. The Morgan fingerprint density at radius 3 is 2.68 bits per heavy atom. The fraction of sp³-hybridized carbons (Fsp3) is 0.111. The number of pyridine rings is 3. The van der Waals surface area contributed by atoms with E-state index in [1.54, 1.807) is 41.8 Å². The molecule has 1 aromatic carbocycles. The van der Waals surface area contributed by atoms with Crippen molar-refractivity contribution in [1.82, 2.24) is 40.0 Å². The largest absolute Gasteiger partial charge is 0.324 e. The highest BCUT2D eigenvalue weighted by molar-refractivity contribution is 5.97. The Hall–Kier alpha value is -5.03. The van der Waals surface area contributed by atoms with Crippen LogP contribution in [0.15, 0.2) is 67.3 Å². The Morgan fingerprint density at radius 1 is 1.03 bits per heavy atom. The molecule has 0 aliphatic heterocycles. The molecular formula is C27H22FN9O. The summed E-state index contributed by atoms with van der Waals surface area (Å²) in [7, 11) is 3.66. The van der Waals surface area contributed by atoms with Gasteiger partial charge in [0.05, 0.1) is 35.8 Å². The Bertz CT molecular complexity index is 1790. The number of aromatic nitrogens is 7. The number of rotatable bonds is 6. The summed E-state index contributed by atoms with van der Waals surface area (Å²) in [5, 5.41) is 11.1. The van der Waals surface area contributed by atoms with Crippen molar-refractivity contribution in [2.24, 2.45) is 0 Å². The van der Waals surface area contributed by atoms with Crippen LogP contribution in [-0.2, 0) is 4.79 Å². The lowest BCUT2D eigenvalue weighted by Gasteiger charge is -2.10. The van der Waals surface area contributed by atoms with E-state index in [0.717, 1.165) is 27.6 Å². The second-order valence-electron chi connectivity index (χ2n) is 9.08. The van der Waals surface area contributed by atoms with E-state index >= 15 is 0 Å². The number of H-pyrrole nitrogens is 2. The number of fused-ring (bicyclic) bond motifs is 2. The lowest BCUT2D eigenvalue weighted by molar-refractivity contribution is -0.116. The number of benzene rings is 1. The molecule has 6 rings (SSSR count). The highest BCUT2D eigenvalue weighted by atomic mass is 19.1. The van der Waals surface area contributed by atoms with E-state index in [2.05, 4.69) is 35.5 Å². The molecule has 0 spiro atoms. The third-order valence-electron chi connectivity index (χ3n) is 5.99. The number of carbonyl (C=O) groups is 1. The van der Waals surface area contributed by atoms with Gasteiger partial charge in [-0.05, 0) is 50.0 Å². The molecule has 0 aliphatic carbocycles. The predicted molar refractivity (Wildman–Crippen MR) is 143 cm³/mol. The highest BCUT2D eigenvalue weighted by Gasteiger charge is 2.17. The summed E-state index contributed by atoms with van der Waals surface area (Å²) >= 11 is 0. The van der Waals surface area contributed by atoms with Crippen molar-refractivity contribution in [1.29, 1.82) is 0 Å². The van der Waals surface area contributed by atoms with Gasteiger partial charge in [0, 0.05) is 28.9 Å². The van der Waals surface area contributed by atoms with Gasteiger partial charge in [0.2, 0.25) is 5.91 Å². The minimum atomic E-state index is -0.300. The molecule has 5 heterocycles. The first-order chi connectivity index (χ1) is 18.4. The number of halogens is 1. The number of amides is 1. The molecule has 11 heteroatoms. The molecule has 1 amide bonds. The second-order valence-corrected chi connectivity index (χ2v) is 9.08. The van der Waals surface area contributed by atoms with Crippen molar-refractivity contribution in [2.45, 2.75) is 0 Å². The highest BCUT2D eigenvalue weighted by Crippen LogP contribution is 2.32. The van der Waals surface area contributed by atoms with Gasteiger partial charge in [-0.2, -0.15) is 5.10 Å². The van der Waals surface area contributed by atoms with E-state index in [1.807, 2.05) is 32.3 Å². The van der Waals surface area contributed by atoms with E-state index in [1.165, 1.54) is 12.1 Å². The summed E-state index contributed by atoms with van der Waals surface area (Å²) in [5.41, 5.74) is 6.25. The maximum Gasteiger partial charge on any atom is 0.238 e. The maximum atomic E-state index is 13.5. The molecule has 10 nitrogen and oxygen atoms in total. The van der Waals surface area contributed by atoms with Crippen molar-refractivity contribution in [3.05, 3.63) is 73.1 Å². The number of hydrogen-bond acceptors (Lipinski definition) is 7. The van der Waals surface area contributed by atoms with E-state index < -0.39 is 0 Å². The molecule has 0 aliphatic rings. The van der Waals surface area contributed by atoms with E-state index in [0.29, 0.717) is 34.1 Å². The quantitative estimate of drug-likeness (QED) is 0.307. The predicted octanol–water partition coefficient (Wildman–Crippen LogP) is 4.26. The number of carbonyl (C=O) groups excluding carboxylic acids is 1. The van der Waals surface area contributed by atoms with Gasteiger partial charge in [0.1, 0.15) is 17.0 Å². The van der Waals surface area contributed by atoms with E-state index in [-0.39, 0.29) is 18.3 Å². The van der Waals surface area contributed by atoms with Crippen LogP contribution >= 0.6 is 0 Å². The topological polar surface area (TPSA) is 128 Å². The van der Waals surface area contributed by atoms with Crippen LogP contribution in [0.25, 0.3) is 56.0 Å². The SMILES string of the molecule is CN(C)CC(=O)Nc1cncc(-c2cc3c(-c4nc5c(-c6ccc(F)cc6)ccnc5[nH]4)n[nH]c3cn2)c1. The number of imidazole rings is 1. The van der Waals surface area contributed by atoms with Crippen LogP contribution in [0, 0.1) is 5.82 Å². The first-order valence-electron chi connectivity index (χ1n) is 11.8. The molecular weight excluding hydrogens is 485 g/mol. The molecule has 0 radical (unpaired) electrons. The number of anilines is 1. The van der Waals surface area contributed by atoms with Crippen LogP contribution in [0.4, 0.5) is 10.1 Å². The Balaban J connectivity index is 1.38. The normalized spacial score (nSPS) is 11.5. The van der Waals surface area contributed by atoms with Gasteiger partial charge in [-0.25, -0.2) is 14.4 Å². The smallest absolute Gasteiger partial charge is 0.238 e. The standard InChI is InChI=1S/C27H22FN9O/c1-37(2)14-23(38)32-18-9-16(11-29-12-18)21-10-20-22(13-31-21)35-36-25(20)27-33-24-19(7-8-30-26(24)34-27)15-3-5-17(28)6-4-15/h3-13H,14H2,1-2H3,(H,32,38)(H,35,36)(H,30,33,34). The average molecular weight is 508 g/mol. The molecule has 5 aromatic heterocycles. The lowest BCUT2D eigenvalue weighted by atomic mass is 10.1. The summed E-state index contributed by atoms with van der Waals surface area (Å²) in [4.78, 5) is 35.3. The molecule has 6 aromatic rings. The molecule has 0 saturated carbocycles. The molecule has 3 N–H and O–H groups in total. The zero-order valence-electron chi connectivity index (χ0n) is 20.5. The van der Waals surface area contributed by atoms with Crippen molar-refractivity contribution in [3.8, 4) is 33.9 Å². The van der Waals surface area contributed by atoms with Crippen LogP contribution in [0.2, 0.25) is 0 Å². The summed E-state index contributed by atoms with van der Waals surface area (Å²) in [6, 6.07) is 11.8. The van der Waals surface area contributed by atoms with Gasteiger partial charge >= 0.3 is 0 Å². The summed E-state index contributed by atoms with van der Waals surface area (Å²) in [5.74, 6) is 0.104. The first-order valence-corrected chi connectivity index (χ1v) is 11.8. The minimum absolute atomic E-state index is 0.131. The minimum Gasteiger partial charge on any atom is -0.324 e. The third-order valence-corrected chi connectivity index (χ3v) is 5.99. The van der Waals surface area contributed by atoms with Gasteiger partial charge < -0.3 is 15.2 Å². The summed E-state index contributed by atoms with van der Waals surface area (Å²) < 4.78 is 13.5. The molecule has 0 fully saturated rings. The molecule has 0 unspecified atom stereocenters. The van der Waals surface area contributed by atoms with Gasteiger partial charge in [0.15, 0.2) is 11.5 Å². The molecule has 0 saturated heterocycles. The fourth-order valence-corrected chi connectivity index (χ4v) is 4.28. The zero-order chi connectivity index (χ0) is 26.2. The van der Waals surface area contributed by atoms with Gasteiger partial charge in [0.25, 0.3) is 0 Å². The fourth-order valence-electron chi connectivity index (χ4n) is 4.28. The Kier molecular flexibility index (Phi) is 5.81. The van der Waals surface area contributed by atoms with Crippen molar-refractivity contribution in [2.75, 3.05) is 26.0 Å². The Labute approximate surface area is 216 Å². The average Bonchev–Trinajstić information content (AvgIpc) is 3.52. The van der Waals surface area contributed by atoms with E-state index in [9.17, 15) is 9.18 Å². The van der Waals surface area contributed by atoms with Gasteiger partial charge in [-0.1, -0.05) is 12.1 Å². The number of likely N-dealkylation sites (N-methyl/N-ethyl adjacent to an activating group) is 1. The summed E-state index contributed by atoms with van der Waals surface area (Å²) in [6.45, 7) is 0.266. The van der Waals surface area contributed by atoms with E-state index in [4.69, 9.17) is 4.98 Å². The third kappa shape index (κ3) is 4.46. The van der Waals surface area contributed by atoms with Crippen molar-refractivity contribution < 1.29 is 9.18 Å². The van der Waals surface area contributed by atoms with Crippen LogP contribution in [-0.4, -0.2) is 66.6 Å². The number of hydrogen-bond donors (Lipinski definition) is 3. The van der Waals surface area contributed by atoms with Crippen molar-refractivity contribution in [3.63, 3.8) is 0 Å². The van der Waals surface area contributed by atoms with Crippen LogP contribution in [0.1, 0.15) is 0 Å². The maximum absolute atomic E-state index is 13.5. The van der Waals surface area contributed by atoms with Crippen LogP contribution in [0.5, 0.6) is 0 Å². The van der Waals surface area contributed by atoms with Gasteiger partial charge in [-0.15, -0.1) is 0 Å². The second kappa shape index (κ2) is 9.45. The van der Waals surface area contributed by atoms with Crippen LogP contribution < -0.4 is 5.32 Å². The molecule has 38 heavy (non-hydrogen) atoms. The zero-order valence-corrected chi connectivity index (χ0v) is 20.5. The molecule has 188 valence electrons. The number of nitrogens with zero attached hydrogens (tertiary/aromatic N) is 6. The van der Waals surface area contributed by atoms with Crippen LogP contribution in [0.3, 0.4) is 0 Å². The number of nitrogens with one attached hydrogen (secondary N) is 3.